The molecule has 0 fully saturated rings. The minimum atomic E-state index is -0.335. The Hall–Kier alpha value is -2.54. The van der Waals surface area contributed by atoms with Crippen molar-refractivity contribution in [2.45, 2.75) is 25.9 Å². The average molecular weight is 266 g/mol. The molecular formula is C16H14N2O2. The van der Waals surface area contributed by atoms with Gasteiger partial charge in [-0.1, -0.05) is 36.4 Å². The van der Waals surface area contributed by atoms with Crippen LogP contribution in [0.5, 0.6) is 0 Å². The summed E-state index contributed by atoms with van der Waals surface area (Å²) in [7, 11) is 0. The molecule has 0 spiro atoms. The quantitative estimate of drug-likeness (QED) is 0.626. The number of benzene rings is 2. The Balaban J connectivity index is 2.77. The van der Waals surface area contributed by atoms with Crippen LogP contribution in [0.2, 0.25) is 0 Å². The van der Waals surface area contributed by atoms with Crippen molar-refractivity contribution in [2.24, 2.45) is 9.98 Å². The lowest BCUT2D eigenvalue weighted by Gasteiger charge is -2.17. The van der Waals surface area contributed by atoms with Crippen LogP contribution in [-0.2, 0) is 9.59 Å². The summed E-state index contributed by atoms with van der Waals surface area (Å²) in [6, 6.07) is 11.1. The van der Waals surface area contributed by atoms with Gasteiger partial charge in [0.05, 0.1) is 12.1 Å². The Morgan fingerprint density at radius 1 is 0.900 bits per heavy atom. The molecule has 0 radical (unpaired) electrons. The number of hydrogen-bond acceptors (Lipinski definition) is 4. The SMILES string of the molecule is CC(N=C=O)c1ccc2ccccc2c1C(C)N=C=O. The maximum Gasteiger partial charge on any atom is 0.235 e. The predicted octanol–water partition coefficient (Wildman–Crippen LogP) is 3.63. The Morgan fingerprint density at radius 2 is 1.55 bits per heavy atom. The first kappa shape index (κ1) is 13.9. The van der Waals surface area contributed by atoms with Gasteiger partial charge in [-0.05, 0) is 35.7 Å². The minimum absolute atomic E-state index is 0.323. The second-order valence-electron chi connectivity index (χ2n) is 4.58. The normalized spacial score (nSPS) is 13.1. The van der Waals surface area contributed by atoms with E-state index in [1.807, 2.05) is 50.2 Å². The maximum absolute atomic E-state index is 10.6. The molecule has 2 rings (SSSR count). The van der Waals surface area contributed by atoms with E-state index in [4.69, 9.17) is 0 Å². The van der Waals surface area contributed by atoms with E-state index in [9.17, 15) is 9.59 Å². The zero-order chi connectivity index (χ0) is 14.5. The summed E-state index contributed by atoms with van der Waals surface area (Å²) in [5.41, 5.74) is 1.77. The second kappa shape index (κ2) is 6.07. The summed E-state index contributed by atoms with van der Waals surface area (Å²) in [4.78, 5) is 28.6. The Bertz CT molecular complexity index is 726. The van der Waals surface area contributed by atoms with Gasteiger partial charge in [0.2, 0.25) is 12.2 Å². The van der Waals surface area contributed by atoms with Crippen LogP contribution >= 0.6 is 0 Å². The standard InChI is InChI=1S/C16H14N2O2/c1-11(17-9-19)14-8-7-13-5-3-4-6-15(13)16(14)12(2)18-10-20/h3-8,11-12H,1-2H3. The van der Waals surface area contributed by atoms with Gasteiger partial charge in [-0.15, -0.1) is 0 Å². The third-order valence-electron chi connectivity index (χ3n) is 3.36. The monoisotopic (exact) mass is 266 g/mol. The molecule has 0 saturated carbocycles. The van der Waals surface area contributed by atoms with Gasteiger partial charge in [-0.3, -0.25) is 0 Å². The molecule has 0 aliphatic carbocycles. The number of aliphatic imine (C=N–C) groups is 2. The summed E-state index contributed by atoms with van der Waals surface area (Å²) in [5, 5.41) is 2.06. The first-order chi connectivity index (χ1) is 9.69. The number of nitrogens with zero attached hydrogens (tertiary/aromatic N) is 2. The van der Waals surface area contributed by atoms with Crippen LogP contribution in [0.1, 0.15) is 37.1 Å². The number of rotatable bonds is 4. The fourth-order valence-corrected chi connectivity index (χ4v) is 2.44. The van der Waals surface area contributed by atoms with Crippen LogP contribution in [0.25, 0.3) is 10.8 Å². The van der Waals surface area contributed by atoms with E-state index in [1.165, 1.54) is 0 Å². The van der Waals surface area contributed by atoms with E-state index in [2.05, 4.69) is 9.98 Å². The van der Waals surface area contributed by atoms with Gasteiger partial charge in [0.15, 0.2) is 0 Å². The van der Waals surface area contributed by atoms with Crippen molar-refractivity contribution in [3.8, 4) is 0 Å². The Labute approximate surface area is 116 Å². The highest BCUT2D eigenvalue weighted by molar-refractivity contribution is 5.87. The van der Waals surface area contributed by atoms with Crippen LogP contribution in [0.3, 0.4) is 0 Å². The van der Waals surface area contributed by atoms with Gasteiger partial charge in [0.1, 0.15) is 0 Å². The molecular weight excluding hydrogens is 252 g/mol. The molecule has 0 aliphatic heterocycles. The number of hydrogen-bond donors (Lipinski definition) is 0. The number of carbonyl (C=O) groups excluding carboxylic acids is 2. The fourth-order valence-electron chi connectivity index (χ4n) is 2.44. The first-order valence-electron chi connectivity index (χ1n) is 6.34. The van der Waals surface area contributed by atoms with E-state index in [0.717, 1.165) is 21.9 Å². The molecule has 20 heavy (non-hydrogen) atoms. The van der Waals surface area contributed by atoms with Crippen LogP contribution in [0.4, 0.5) is 0 Å². The molecule has 2 atom stereocenters. The molecule has 4 heteroatoms. The second-order valence-corrected chi connectivity index (χ2v) is 4.58. The predicted molar refractivity (Wildman–Crippen MR) is 77.0 cm³/mol. The van der Waals surface area contributed by atoms with Crippen molar-refractivity contribution in [1.82, 2.24) is 0 Å². The van der Waals surface area contributed by atoms with Crippen molar-refractivity contribution in [3.63, 3.8) is 0 Å². The van der Waals surface area contributed by atoms with Gasteiger partial charge in [0.25, 0.3) is 0 Å². The molecule has 0 saturated heterocycles. The molecule has 100 valence electrons. The molecule has 0 aliphatic rings. The van der Waals surface area contributed by atoms with Crippen molar-refractivity contribution < 1.29 is 9.59 Å². The zero-order valence-electron chi connectivity index (χ0n) is 11.3. The number of fused-ring (bicyclic) bond motifs is 1. The molecule has 2 aromatic carbocycles. The van der Waals surface area contributed by atoms with E-state index < -0.39 is 0 Å². The molecule has 0 aromatic heterocycles. The van der Waals surface area contributed by atoms with Crippen LogP contribution < -0.4 is 0 Å². The maximum atomic E-state index is 10.6. The average Bonchev–Trinajstić information content (AvgIpc) is 2.46. The smallest absolute Gasteiger partial charge is 0.211 e. The van der Waals surface area contributed by atoms with E-state index in [-0.39, 0.29) is 12.1 Å². The van der Waals surface area contributed by atoms with Crippen molar-refractivity contribution in [2.75, 3.05) is 0 Å². The highest BCUT2D eigenvalue weighted by Crippen LogP contribution is 2.34. The van der Waals surface area contributed by atoms with E-state index in [0.29, 0.717) is 0 Å². The van der Waals surface area contributed by atoms with Gasteiger partial charge in [0, 0.05) is 0 Å². The highest BCUT2D eigenvalue weighted by atomic mass is 16.1. The van der Waals surface area contributed by atoms with Crippen LogP contribution in [-0.4, -0.2) is 12.2 Å². The summed E-state index contributed by atoms with van der Waals surface area (Å²) < 4.78 is 0. The van der Waals surface area contributed by atoms with Crippen molar-refractivity contribution >= 4 is 22.9 Å². The van der Waals surface area contributed by atoms with Crippen molar-refractivity contribution in [3.05, 3.63) is 47.5 Å². The Kier molecular flexibility index (Phi) is 4.21. The third kappa shape index (κ3) is 2.57. The van der Waals surface area contributed by atoms with Gasteiger partial charge in [-0.25, -0.2) is 9.59 Å². The number of isocyanates is 2. The lowest BCUT2D eigenvalue weighted by atomic mass is 9.91. The van der Waals surface area contributed by atoms with Gasteiger partial charge < -0.3 is 0 Å². The molecule has 0 N–H and O–H groups in total. The summed E-state index contributed by atoms with van der Waals surface area (Å²) >= 11 is 0. The lowest BCUT2D eigenvalue weighted by Crippen LogP contribution is -2.01. The minimum Gasteiger partial charge on any atom is -0.211 e. The summed E-state index contributed by atoms with van der Waals surface area (Å²) in [5.74, 6) is 0. The van der Waals surface area contributed by atoms with E-state index in [1.54, 1.807) is 12.2 Å². The zero-order valence-corrected chi connectivity index (χ0v) is 11.3. The van der Waals surface area contributed by atoms with Crippen molar-refractivity contribution in [1.29, 1.82) is 0 Å². The summed E-state index contributed by atoms with van der Waals surface area (Å²) in [6.07, 6.45) is 3.18. The Morgan fingerprint density at radius 3 is 2.25 bits per heavy atom. The lowest BCUT2D eigenvalue weighted by molar-refractivity contribution is 0.557. The molecule has 0 amide bonds. The summed E-state index contributed by atoms with van der Waals surface area (Å²) in [6.45, 7) is 3.64. The molecule has 0 bridgehead atoms. The molecule has 4 nitrogen and oxygen atoms in total. The topological polar surface area (TPSA) is 58.9 Å². The molecule has 0 heterocycles. The first-order valence-corrected chi connectivity index (χ1v) is 6.34. The largest absolute Gasteiger partial charge is 0.235 e. The fraction of sp³-hybridized carbons (Fsp3) is 0.250. The van der Waals surface area contributed by atoms with E-state index >= 15 is 0 Å². The molecule has 2 aromatic rings. The van der Waals surface area contributed by atoms with Gasteiger partial charge >= 0.3 is 0 Å². The third-order valence-corrected chi connectivity index (χ3v) is 3.36. The highest BCUT2D eigenvalue weighted by Gasteiger charge is 2.17. The van der Waals surface area contributed by atoms with Crippen LogP contribution in [0, 0.1) is 0 Å². The van der Waals surface area contributed by atoms with Gasteiger partial charge in [-0.2, -0.15) is 9.98 Å². The molecule has 2 unspecified atom stereocenters. The van der Waals surface area contributed by atoms with Crippen LogP contribution in [0.15, 0.2) is 46.4 Å².